The van der Waals surface area contributed by atoms with Crippen molar-refractivity contribution in [1.82, 2.24) is 31.1 Å². The number of hydroxylamine groups is 6. The van der Waals surface area contributed by atoms with Crippen molar-refractivity contribution in [3.05, 3.63) is 106 Å². The second-order valence-electron chi connectivity index (χ2n) is 24.0. The van der Waals surface area contributed by atoms with Crippen LogP contribution in [0.5, 0.6) is 0 Å². The summed E-state index contributed by atoms with van der Waals surface area (Å²) in [5, 5.41) is 40.8. The molecule has 3 aliphatic rings. The van der Waals surface area contributed by atoms with Gasteiger partial charge in [0.2, 0.25) is 41.1 Å². The minimum Gasteiger partial charge on any atom is -0.356 e. The number of carbonyl (C=O) groups is 6. The molecule has 2 aliphatic heterocycles. The summed E-state index contributed by atoms with van der Waals surface area (Å²) in [6.07, 6.45) is 20.4. The number of carbonyl (C=O) groups excluding carboxylic acids is 6. The van der Waals surface area contributed by atoms with Crippen molar-refractivity contribution in [2.24, 2.45) is 0 Å². The molecule has 2 heterocycles. The molecule has 5 rings (SSSR count). The van der Waals surface area contributed by atoms with E-state index in [0.29, 0.717) is 118 Å². The Kier molecular flexibility index (Phi) is 29.3. The predicted molar refractivity (Wildman–Crippen MR) is 337 cm³/mol. The lowest BCUT2D eigenvalue weighted by Gasteiger charge is -2.27. The van der Waals surface area contributed by atoms with Gasteiger partial charge in [-0.3, -0.25) is 48.9 Å². The van der Waals surface area contributed by atoms with Gasteiger partial charge in [0, 0.05) is 131 Å². The number of rotatable bonds is 38. The summed E-state index contributed by atoms with van der Waals surface area (Å²) in [5.41, 5.74) is 8.69. The zero-order chi connectivity index (χ0) is 63.6. The maximum Gasteiger partial charge on any atom is 0.264 e. The first-order valence-electron chi connectivity index (χ1n) is 31.2. The van der Waals surface area contributed by atoms with E-state index in [1.165, 1.54) is 29.4 Å². The zero-order valence-electron chi connectivity index (χ0n) is 51.9. The number of benzene rings is 2. The second-order valence-corrected chi connectivity index (χ2v) is 25.9. The van der Waals surface area contributed by atoms with Gasteiger partial charge in [-0.15, -0.1) is 0 Å². The highest BCUT2D eigenvalue weighted by Crippen LogP contribution is 2.48. The molecule has 22 heteroatoms. The van der Waals surface area contributed by atoms with Gasteiger partial charge < -0.3 is 20.9 Å². The number of fused-ring (bicyclic) bond motifs is 2. The minimum atomic E-state index is -4.03. The monoisotopic (exact) mass is 1250 g/mol. The number of anilines is 1. The number of amides is 6. The van der Waals surface area contributed by atoms with E-state index < -0.39 is 27.8 Å². The van der Waals surface area contributed by atoms with Gasteiger partial charge in [0.1, 0.15) is 6.54 Å². The molecule has 0 spiro atoms. The van der Waals surface area contributed by atoms with Crippen molar-refractivity contribution in [2.75, 3.05) is 63.0 Å². The molecule has 0 radical (unpaired) electrons. The Balaban J connectivity index is 0.952. The lowest BCUT2D eigenvalue weighted by Crippen LogP contribution is -2.31. The molecule has 480 valence electrons. The Morgan fingerprint density at radius 2 is 1.14 bits per heavy atom. The SMILES string of the molecule is CC(=O)N(O)CCCCCNC(=O)CCC(=O)N(O)CCCCCNC(=O)CCC(=O)N(O)CCCCCNC(=O)CCCCC[N+]1=C(/C=C/C2=C(Cl)C(=C\C=C3/N(CCCCS(=O)(=O)O)c4ccccc4C3(C)C)/CCC2)C(C)(C)c2ccccc21. The van der Waals surface area contributed by atoms with Crippen LogP contribution in [0.15, 0.2) is 94.7 Å². The highest BCUT2D eigenvalue weighted by atomic mass is 35.5. The number of nitrogens with one attached hydrogen (secondary N) is 3. The second kappa shape index (κ2) is 35.7. The molecule has 0 bridgehead atoms. The maximum atomic E-state index is 12.8. The van der Waals surface area contributed by atoms with Crippen molar-refractivity contribution in [3.8, 4) is 0 Å². The average Bonchev–Trinajstić information content (AvgIpc) is 1.62. The molecule has 0 saturated carbocycles. The molecule has 0 fully saturated rings. The van der Waals surface area contributed by atoms with Crippen molar-refractivity contribution in [1.29, 1.82) is 0 Å². The van der Waals surface area contributed by atoms with Crippen LogP contribution >= 0.6 is 11.6 Å². The fourth-order valence-electron chi connectivity index (χ4n) is 11.4. The highest BCUT2D eigenvalue weighted by molar-refractivity contribution is 7.85. The highest BCUT2D eigenvalue weighted by Gasteiger charge is 2.44. The zero-order valence-corrected chi connectivity index (χ0v) is 53.5. The number of nitrogens with zero attached hydrogens (tertiary/aromatic N) is 5. The topological polar surface area (TPSA) is 270 Å². The first-order chi connectivity index (χ1) is 41.4. The molecule has 2 aromatic carbocycles. The normalized spacial score (nSPS) is 16.1. The lowest BCUT2D eigenvalue weighted by molar-refractivity contribution is -0.438. The van der Waals surface area contributed by atoms with Crippen LogP contribution < -0.4 is 20.9 Å². The van der Waals surface area contributed by atoms with Gasteiger partial charge in [-0.05, 0) is 145 Å². The number of allylic oxidation sites excluding steroid dienone is 8. The van der Waals surface area contributed by atoms with E-state index in [-0.39, 0.29) is 79.6 Å². The minimum absolute atomic E-state index is 0.00900. The summed E-state index contributed by atoms with van der Waals surface area (Å²) in [5.74, 6) is -2.47. The molecule has 87 heavy (non-hydrogen) atoms. The molecular weight excluding hydrogens is 1150 g/mol. The van der Waals surface area contributed by atoms with Crippen LogP contribution in [-0.4, -0.2) is 148 Å². The first-order valence-corrected chi connectivity index (χ1v) is 33.2. The van der Waals surface area contributed by atoms with Crippen LogP contribution in [-0.2, 0) is 49.7 Å². The van der Waals surface area contributed by atoms with Crippen LogP contribution in [0.25, 0.3) is 0 Å². The average molecular weight is 1250 g/mol. The van der Waals surface area contributed by atoms with Gasteiger partial charge in [0.15, 0.2) is 5.71 Å². The van der Waals surface area contributed by atoms with Gasteiger partial charge in [-0.1, -0.05) is 74.0 Å². The number of hydrogen-bond acceptors (Lipinski definition) is 12. The molecule has 6 amide bonds. The molecule has 0 aromatic heterocycles. The Labute approximate surface area is 520 Å². The van der Waals surface area contributed by atoms with Gasteiger partial charge in [0.25, 0.3) is 10.1 Å². The smallest absolute Gasteiger partial charge is 0.264 e. The Morgan fingerprint density at radius 3 is 1.71 bits per heavy atom. The van der Waals surface area contributed by atoms with Crippen LogP contribution in [0.3, 0.4) is 0 Å². The molecule has 0 saturated heterocycles. The third kappa shape index (κ3) is 23.0. The van der Waals surface area contributed by atoms with E-state index in [4.69, 9.17) is 11.6 Å². The van der Waals surface area contributed by atoms with Gasteiger partial charge >= 0.3 is 0 Å². The number of unbranched alkanes of at least 4 members (excludes halogenated alkanes) is 9. The Hall–Kier alpha value is -6.23. The Bertz CT molecular complexity index is 2960. The summed E-state index contributed by atoms with van der Waals surface area (Å²) in [7, 11) is -4.03. The summed E-state index contributed by atoms with van der Waals surface area (Å²) in [4.78, 5) is 75.1. The molecule has 0 unspecified atom stereocenters. The Morgan fingerprint density at radius 1 is 0.609 bits per heavy atom. The standard InChI is InChI=1S/C65H95ClN8O12S/c1-49(75)72(81)45-19-7-15-41-68-59(77)36-38-62(80)74(83)47-21-9-17-42-69-60(78)37-39-61(79)73(82)46-20-8-16-40-67-58(76)31-10-6-18-43-70-54-29-13-11-27-52(54)64(2,3)56(70)34-32-50-25-24-26-51(63(50)66)33-35-57-65(4,5)53-28-12-14-30-55(53)71(57)44-22-23-48-87(84,85)86/h11-14,27-30,32-35,81-83H,6-10,15-26,31,36-48H2,1-5H3,(H3-,67,68,69,76,77,78,84,85,86)/p+1. The summed E-state index contributed by atoms with van der Waals surface area (Å²) < 4.78 is 34.6. The van der Waals surface area contributed by atoms with E-state index in [1.807, 2.05) is 12.1 Å². The maximum absolute atomic E-state index is 12.8. The van der Waals surface area contributed by atoms with Crippen molar-refractivity contribution >= 4 is 74.2 Å². The van der Waals surface area contributed by atoms with E-state index in [2.05, 4.69) is 114 Å². The van der Waals surface area contributed by atoms with Crippen molar-refractivity contribution < 1.29 is 61.9 Å². The molecule has 2 aromatic rings. The fraction of sp³-hybridized carbons (Fsp3) is 0.585. The van der Waals surface area contributed by atoms with E-state index in [1.54, 1.807) is 0 Å². The van der Waals surface area contributed by atoms with Crippen LogP contribution in [0.1, 0.15) is 187 Å². The molecule has 0 atom stereocenters. The van der Waals surface area contributed by atoms with Gasteiger partial charge in [-0.25, -0.2) is 15.2 Å². The molecule has 20 nitrogen and oxygen atoms in total. The largest absolute Gasteiger partial charge is 0.356 e. The summed E-state index contributed by atoms with van der Waals surface area (Å²) in [6.45, 7) is 13.3. The third-order valence-corrected chi connectivity index (χ3v) is 17.7. The number of halogens is 1. The number of para-hydroxylation sites is 2. The summed E-state index contributed by atoms with van der Waals surface area (Å²) >= 11 is 7.28. The van der Waals surface area contributed by atoms with Crippen LogP contribution in [0, 0.1) is 0 Å². The first kappa shape index (κ1) is 71.5. The molecule has 7 N–H and O–H groups in total. The lowest BCUT2D eigenvalue weighted by atomic mass is 9.81. The van der Waals surface area contributed by atoms with E-state index >= 15 is 0 Å². The fourth-order valence-corrected chi connectivity index (χ4v) is 12.2. The third-order valence-electron chi connectivity index (χ3n) is 16.4. The van der Waals surface area contributed by atoms with E-state index in [0.717, 1.165) is 72.6 Å². The van der Waals surface area contributed by atoms with Crippen LogP contribution in [0.2, 0.25) is 0 Å². The van der Waals surface area contributed by atoms with Gasteiger partial charge in [-0.2, -0.15) is 13.0 Å². The quantitative estimate of drug-likeness (QED) is 0.0109. The van der Waals surface area contributed by atoms with Crippen molar-refractivity contribution in [2.45, 2.75) is 187 Å². The molecule has 1 aliphatic carbocycles. The van der Waals surface area contributed by atoms with Crippen LogP contribution in [0.4, 0.5) is 11.4 Å². The predicted octanol–water partition coefficient (Wildman–Crippen LogP) is 10.2. The van der Waals surface area contributed by atoms with Crippen molar-refractivity contribution in [3.63, 3.8) is 0 Å². The molecular formula is C65H96ClN8O12S+. The number of hydrogen-bond donors (Lipinski definition) is 7. The van der Waals surface area contributed by atoms with Gasteiger partial charge in [0.05, 0.1) is 11.2 Å². The van der Waals surface area contributed by atoms with E-state index in [9.17, 15) is 57.4 Å². The summed E-state index contributed by atoms with van der Waals surface area (Å²) in [6, 6.07) is 16.9.